The topological polar surface area (TPSA) is 54.0 Å². The molecule has 2 rings (SSSR count). The largest absolute Gasteiger partial charge is 0.494 e. The molecule has 184 valence electrons. The molecule has 0 fully saturated rings. The summed E-state index contributed by atoms with van der Waals surface area (Å²) in [5.41, 5.74) is 0.468. The Morgan fingerprint density at radius 2 is 1.41 bits per heavy atom. The van der Waals surface area contributed by atoms with Gasteiger partial charge in [0, 0.05) is 0 Å². The number of ether oxygens (including phenoxy) is 3. The molecule has 5 nitrogen and oxygen atoms in total. The Hall–Kier alpha value is -2.62. The van der Waals surface area contributed by atoms with Gasteiger partial charge in [-0.2, -0.15) is 0 Å². The van der Waals surface area contributed by atoms with Gasteiger partial charge in [-0.25, -0.2) is 4.79 Å². The Kier molecular flexibility index (Phi) is 10.3. The van der Waals surface area contributed by atoms with Crippen molar-refractivity contribution in [2.75, 3.05) is 13.2 Å². The summed E-state index contributed by atoms with van der Waals surface area (Å²) >= 11 is 0. The molecule has 0 aliphatic carbocycles. The summed E-state index contributed by atoms with van der Waals surface area (Å²) in [5.74, 6) is 1.55. The van der Waals surface area contributed by atoms with E-state index in [2.05, 4.69) is 46.3 Å². The van der Waals surface area contributed by atoms with Gasteiger partial charge in [0.25, 0.3) is 0 Å². The molecule has 0 atom stereocenters. The predicted octanol–water partition coefficient (Wildman–Crippen LogP) is 7.17. The Morgan fingerprint density at radius 3 is 1.97 bits per heavy atom. The van der Waals surface area contributed by atoms with Crippen molar-refractivity contribution in [3.05, 3.63) is 78.5 Å². The highest BCUT2D eigenvalue weighted by Gasteiger charge is 2.33. The molecule has 0 heterocycles. The van der Waals surface area contributed by atoms with E-state index in [1.807, 2.05) is 6.08 Å². The van der Waals surface area contributed by atoms with Gasteiger partial charge < -0.3 is 18.3 Å². The van der Waals surface area contributed by atoms with Crippen LogP contribution in [0.3, 0.4) is 0 Å². The number of hydrogen-bond donors (Lipinski definition) is 0. The van der Waals surface area contributed by atoms with Gasteiger partial charge in [-0.15, -0.1) is 0 Å². The molecule has 0 aliphatic rings. The molecule has 0 saturated carbocycles. The average molecular weight is 499 g/mol. The van der Waals surface area contributed by atoms with E-state index in [9.17, 15) is 4.79 Å². The summed E-state index contributed by atoms with van der Waals surface area (Å²) in [6.07, 6.45) is 3.67. The SMILES string of the molecule is C=CC(=C)[Si](C)(C)O[Si](C)(C)CCCOc1ccc(C(=O)Oc2ccc(OCCC)cc2)cc1. The van der Waals surface area contributed by atoms with Gasteiger partial charge in [0.2, 0.25) is 8.32 Å². The molecule has 2 aromatic rings. The zero-order chi connectivity index (χ0) is 25.2. The minimum absolute atomic E-state index is 0.411. The van der Waals surface area contributed by atoms with Gasteiger partial charge in [-0.1, -0.05) is 26.2 Å². The quantitative estimate of drug-likeness (QED) is 0.0908. The van der Waals surface area contributed by atoms with Crippen molar-refractivity contribution < 1.29 is 23.1 Å². The smallest absolute Gasteiger partial charge is 0.343 e. The molecular weight excluding hydrogens is 460 g/mol. The first kappa shape index (κ1) is 27.6. The lowest BCUT2D eigenvalue weighted by Crippen LogP contribution is -2.45. The minimum atomic E-state index is -1.96. The van der Waals surface area contributed by atoms with Crippen LogP contribution in [0.5, 0.6) is 17.2 Å². The Labute approximate surface area is 206 Å². The van der Waals surface area contributed by atoms with Crippen molar-refractivity contribution in [2.24, 2.45) is 0 Å². The van der Waals surface area contributed by atoms with Crippen molar-refractivity contribution in [3.63, 3.8) is 0 Å². The summed E-state index contributed by atoms with van der Waals surface area (Å²) in [4.78, 5) is 12.4. The maximum absolute atomic E-state index is 12.4. The summed E-state index contributed by atoms with van der Waals surface area (Å²) in [7, 11) is -3.79. The lowest BCUT2D eigenvalue weighted by molar-refractivity contribution is 0.0734. The van der Waals surface area contributed by atoms with Crippen molar-refractivity contribution in [1.82, 2.24) is 0 Å². The van der Waals surface area contributed by atoms with Crippen LogP contribution < -0.4 is 14.2 Å². The van der Waals surface area contributed by atoms with Crippen LogP contribution in [-0.4, -0.2) is 35.8 Å². The van der Waals surface area contributed by atoms with Crippen LogP contribution in [0.2, 0.25) is 32.2 Å². The highest BCUT2D eigenvalue weighted by molar-refractivity contribution is 6.89. The monoisotopic (exact) mass is 498 g/mol. The highest BCUT2D eigenvalue weighted by Crippen LogP contribution is 2.25. The van der Waals surface area contributed by atoms with E-state index in [4.69, 9.17) is 18.3 Å². The minimum Gasteiger partial charge on any atom is -0.494 e. The number of carbonyl (C=O) groups is 1. The van der Waals surface area contributed by atoms with Crippen molar-refractivity contribution in [2.45, 2.75) is 52.0 Å². The molecule has 0 N–H and O–H groups in total. The van der Waals surface area contributed by atoms with Crippen molar-refractivity contribution in [1.29, 1.82) is 0 Å². The first-order chi connectivity index (χ1) is 16.1. The van der Waals surface area contributed by atoms with Gasteiger partial charge in [0.15, 0.2) is 8.32 Å². The molecule has 0 unspecified atom stereocenters. The van der Waals surface area contributed by atoms with Crippen LogP contribution in [0.4, 0.5) is 0 Å². The second-order valence-corrected chi connectivity index (χ2v) is 17.8. The summed E-state index contributed by atoms with van der Waals surface area (Å²) in [6.45, 7) is 20.1. The molecule has 0 amide bonds. The van der Waals surface area contributed by atoms with Crippen LogP contribution in [0.15, 0.2) is 73.0 Å². The van der Waals surface area contributed by atoms with E-state index in [1.54, 1.807) is 48.5 Å². The van der Waals surface area contributed by atoms with Gasteiger partial charge in [0.05, 0.1) is 18.8 Å². The van der Waals surface area contributed by atoms with E-state index >= 15 is 0 Å². The number of esters is 1. The standard InChI is InChI=1S/C27H38O5Si2/c1-8-19-29-25-15-17-26(18-16-25)31-27(28)23-11-13-24(14-12-23)30-20-10-21-33(4,5)32-34(6,7)22(3)9-2/h9,11-18H,2-3,8,10,19-21H2,1,4-7H3. The number of carbonyl (C=O) groups excluding carboxylic acids is 1. The number of benzene rings is 2. The third kappa shape index (κ3) is 8.97. The fourth-order valence-electron chi connectivity index (χ4n) is 3.42. The van der Waals surface area contributed by atoms with Gasteiger partial charge in [0.1, 0.15) is 17.2 Å². The Morgan fingerprint density at radius 1 is 0.882 bits per heavy atom. The molecule has 0 radical (unpaired) electrons. The van der Waals surface area contributed by atoms with Crippen LogP contribution in [0.25, 0.3) is 0 Å². The van der Waals surface area contributed by atoms with Crippen LogP contribution in [0.1, 0.15) is 30.1 Å². The Balaban J connectivity index is 1.79. The lowest BCUT2D eigenvalue weighted by atomic mass is 10.2. The first-order valence-corrected chi connectivity index (χ1v) is 17.8. The third-order valence-electron chi connectivity index (χ3n) is 5.34. The number of rotatable bonds is 14. The van der Waals surface area contributed by atoms with Crippen molar-refractivity contribution in [3.8, 4) is 17.2 Å². The average Bonchev–Trinajstić information content (AvgIpc) is 2.80. The maximum atomic E-state index is 12.4. The molecule has 0 spiro atoms. The zero-order valence-corrected chi connectivity index (χ0v) is 23.2. The summed E-state index contributed by atoms with van der Waals surface area (Å²) in [6, 6.07) is 15.1. The van der Waals surface area contributed by atoms with E-state index in [-0.39, 0.29) is 0 Å². The molecule has 2 aromatic carbocycles. The first-order valence-electron chi connectivity index (χ1n) is 11.8. The summed E-state index contributed by atoms with van der Waals surface area (Å²) < 4.78 is 23.4. The molecule has 34 heavy (non-hydrogen) atoms. The maximum Gasteiger partial charge on any atom is 0.343 e. The third-order valence-corrected chi connectivity index (χ3v) is 12.9. The zero-order valence-electron chi connectivity index (χ0n) is 21.2. The molecule has 0 bridgehead atoms. The van der Waals surface area contributed by atoms with Gasteiger partial charge in [-0.05, 0) is 98.8 Å². The molecular formula is C27H38O5Si2. The Bertz CT molecular complexity index is 950. The van der Waals surface area contributed by atoms with E-state index in [0.717, 1.165) is 35.6 Å². The summed E-state index contributed by atoms with van der Waals surface area (Å²) in [5, 5.41) is 1.03. The fraction of sp³-hybridized carbons (Fsp3) is 0.370. The highest BCUT2D eigenvalue weighted by atomic mass is 28.4. The predicted molar refractivity (Wildman–Crippen MR) is 144 cm³/mol. The second-order valence-electron chi connectivity index (χ2n) is 9.29. The molecule has 0 aromatic heterocycles. The normalized spacial score (nSPS) is 11.6. The molecule has 7 heteroatoms. The molecule has 0 aliphatic heterocycles. The fourth-order valence-corrected chi connectivity index (χ4v) is 11.4. The van der Waals surface area contributed by atoms with E-state index in [1.165, 1.54) is 0 Å². The van der Waals surface area contributed by atoms with Crippen molar-refractivity contribution >= 4 is 22.6 Å². The van der Waals surface area contributed by atoms with Crippen LogP contribution >= 0.6 is 0 Å². The number of hydrogen-bond acceptors (Lipinski definition) is 5. The van der Waals surface area contributed by atoms with Gasteiger partial charge in [-0.3, -0.25) is 0 Å². The van der Waals surface area contributed by atoms with Crippen LogP contribution in [0, 0.1) is 0 Å². The lowest BCUT2D eigenvalue weighted by Gasteiger charge is -2.34. The second kappa shape index (κ2) is 12.7. The van der Waals surface area contributed by atoms with E-state index in [0.29, 0.717) is 24.5 Å². The number of allylic oxidation sites excluding steroid dienone is 2. The molecule has 0 saturated heterocycles. The van der Waals surface area contributed by atoms with E-state index < -0.39 is 22.6 Å². The van der Waals surface area contributed by atoms with Gasteiger partial charge >= 0.3 is 5.97 Å². The van der Waals surface area contributed by atoms with Crippen LogP contribution in [-0.2, 0) is 4.12 Å².